The van der Waals surface area contributed by atoms with Gasteiger partial charge in [-0.1, -0.05) is 12.1 Å². The molecule has 0 aliphatic carbocycles. The van der Waals surface area contributed by atoms with Crippen LogP contribution in [0.3, 0.4) is 0 Å². The average molecular weight is 331 g/mol. The molecule has 0 radical (unpaired) electrons. The maximum Gasteiger partial charge on any atom is 0.410 e. The molecule has 0 aromatic heterocycles. The number of hydrogen-bond donors (Lipinski definition) is 1. The fourth-order valence-electron chi connectivity index (χ4n) is 3.57. The number of hydrogen-bond acceptors (Lipinski definition) is 4. The summed E-state index contributed by atoms with van der Waals surface area (Å²) in [5.41, 5.74) is 3.47. The van der Waals surface area contributed by atoms with Gasteiger partial charge >= 0.3 is 6.09 Å². The largest absolute Gasteiger partial charge is 0.444 e. The van der Waals surface area contributed by atoms with Crippen molar-refractivity contribution in [1.29, 1.82) is 0 Å². The minimum atomic E-state index is -0.466. The standard InChI is InChI=1S/C19H29N3O2/c1-5-21-10-8-15-12-14(6-7-16(15)21)17-13-20-9-11-22(17)18(23)24-19(2,3)4/h6-7,12,17,20H,5,8-11,13H2,1-4H3. The Morgan fingerprint density at radius 1 is 1.33 bits per heavy atom. The molecule has 1 aromatic rings. The van der Waals surface area contributed by atoms with Crippen LogP contribution in [0.25, 0.3) is 0 Å². The lowest BCUT2D eigenvalue weighted by molar-refractivity contribution is 0.0118. The summed E-state index contributed by atoms with van der Waals surface area (Å²) in [6.45, 7) is 12.3. The van der Waals surface area contributed by atoms with E-state index in [1.54, 1.807) is 0 Å². The molecule has 2 heterocycles. The minimum absolute atomic E-state index is 0.0366. The van der Waals surface area contributed by atoms with Crippen molar-refractivity contribution in [2.24, 2.45) is 0 Å². The number of nitrogens with one attached hydrogen (secondary N) is 1. The summed E-state index contributed by atoms with van der Waals surface area (Å²) in [5, 5.41) is 3.41. The summed E-state index contributed by atoms with van der Waals surface area (Å²) in [7, 11) is 0. The maximum absolute atomic E-state index is 12.6. The lowest BCUT2D eigenvalue weighted by Crippen LogP contribution is -2.50. The molecule has 1 amide bonds. The first-order valence-electron chi connectivity index (χ1n) is 8.97. The number of fused-ring (bicyclic) bond motifs is 1. The monoisotopic (exact) mass is 331 g/mol. The normalized spacial score (nSPS) is 20.9. The van der Waals surface area contributed by atoms with Crippen LogP contribution in [0.1, 0.15) is 44.9 Å². The zero-order valence-electron chi connectivity index (χ0n) is 15.3. The van der Waals surface area contributed by atoms with E-state index >= 15 is 0 Å². The summed E-state index contributed by atoms with van der Waals surface area (Å²) in [6.07, 6.45) is 0.869. The molecule has 1 aromatic carbocycles. The van der Waals surface area contributed by atoms with E-state index in [1.165, 1.54) is 16.8 Å². The van der Waals surface area contributed by atoms with Crippen molar-refractivity contribution in [3.05, 3.63) is 29.3 Å². The third-order valence-corrected chi connectivity index (χ3v) is 4.73. The van der Waals surface area contributed by atoms with Crippen LogP contribution in [0.4, 0.5) is 10.5 Å². The van der Waals surface area contributed by atoms with Crippen LogP contribution in [0.5, 0.6) is 0 Å². The van der Waals surface area contributed by atoms with Crippen molar-refractivity contribution in [3.63, 3.8) is 0 Å². The van der Waals surface area contributed by atoms with Crippen LogP contribution in [0.2, 0.25) is 0 Å². The Bertz CT molecular complexity index is 609. The first kappa shape index (κ1) is 17.1. The van der Waals surface area contributed by atoms with Gasteiger partial charge < -0.3 is 15.0 Å². The third-order valence-electron chi connectivity index (χ3n) is 4.73. The fraction of sp³-hybridized carbons (Fsp3) is 0.632. The smallest absolute Gasteiger partial charge is 0.410 e. The number of rotatable bonds is 2. The number of carbonyl (C=O) groups is 1. The summed E-state index contributed by atoms with van der Waals surface area (Å²) in [6, 6.07) is 6.69. The third kappa shape index (κ3) is 3.51. The van der Waals surface area contributed by atoms with Crippen molar-refractivity contribution in [2.75, 3.05) is 37.6 Å². The molecule has 1 atom stereocenters. The van der Waals surface area contributed by atoms with Crippen LogP contribution in [0, 0.1) is 0 Å². The molecule has 3 rings (SSSR count). The van der Waals surface area contributed by atoms with E-state index in [9.17, 15) is 4.79 Å². The molecule has 0 spiro atoms. The number of anilines is 1. The van der Waals surface area contributed by atoms with Crippen molar-refractivity contribution in [2.45, 2.75) is 45.8 Å². The number of carbonyl (C=O) groups excluding carboxylic acids is 1. The second-order valence-corrected chi connectivity index (χ2v) is 7.61. The summed E-state index contributed by atoms with van der Waals surface area (Å²) in [4.78, 5) is 16.9. The lowest BCUT2D eigenvalue weighted by atomic mass is 10.00. The fourth-order valence-corrected chi connectivity index (χ4v) is 3.57. The molecule has 2 aliphatic rings. The van der Waals surface area contributed by atoms with Crippen LogP contribution in [-0.2, 0) is 11.2 Å². The quantitative estimate of drug-likeness (QED) is 0.905. The molecule has 2 aliphatic heterocycles. The van der Waals surface area contributed by atoms with E-state index in [2.05, 4.69) is 35.3 Å². The molecule has 5 nitrogen and oxygen atoms in total. The number of nitrogens with zero attached hydrogens (tertiary/aromatic N) is 2. The second-order valence-electron chi connectivity index (χ2n) is 7.61. The van der Waals surface area contributed by atoms with Crippen LogP contribution < -0.4 is 10.2 Å². The molecule has 24 heavy (non-hydrogen) atoms. The zero-order chi connectivity index (χ0) is 17.3. The van der Waals surface area contributed by atoms with E-state index < -0.39 is 5.60 Å². The summed E-state index contributed by atoms with van der Waals surface area (Å²) in [5.74, 6) is 0. The first-order valence-corrected chi connectivity index (χ1v) is 8.97. The number of piperazine rings is 1. The molecular weight excluding hydrogens is 302 g/mol. The SMILES string of the molecule is CCN1CCc2cc(C3CNCCN3C(=O)OC(C)(C)C)ccc21. The number of amides is 1. The van der Waals surface area contributed by atoms with Gasteiger partial charge in [-0.15, -0.1) is 0 Å². The Hall–Kier alpha value is -1.75. The summed E-state index contributed by atoms with van der Waals surface area (Å²) < 4.78 is 5.61. The zero-order valence-corrected chi connectivity index (χ0v) is 15.3. The van der Waals surface area contributed by atoms with Gasteiger partial charge in [0.15, 0.2) is 0 Å². The minimum Gasteiger partial charge on any atom is -0.444 e. The maximum atomic E-state index is 12.6. The molecule has 1 saturated heterocycles. The first-order chi connectivity index (χ1) is 11.4. The van der Waals surface area contributed by atoms with E-state index in [1.807, 2.05) is 25.7 Å². The van der Waals surface area contributed by atoms with Crippen molar-refractivity contribution in [3.8, 4) is 0 Å². The van der Waals surface area contributed by atoms with Crippen LogP contribution in [-0.4, -0.2) is 49.3 Å². The molecule has 132 valence electrons. The Kier molecular flexibility index (Phi) is 4.72. The number of ether oxygens (including phenoxy) is 1. The lowest BCUT2D eigenvalue weighted by Gasteiger charge is -2.37. The van der Waals surface area contributed by atoms with E-state index in [0.29, 0.717) is 6.54 Å². The van der Waals surface area contributed by atoms with E-state index in [-0.39, 0.29) is 12.1 Å². The Labute approximate surface area is 145 Å². The van der Waals surface area contributed by atoms with Crippen molar-refractivity contribution in [1.82, 2.24) is 10.2 Å². The average Bonchev–Trinajstić information content (AvgIpc) is 2.95. The van der Waals surface area contributed by atoms with Gasteiger partial charge in [-0.25, -0.2) is 4.79 Å². The van der Waals surface area contributed by atoms with Gasteiger partial charge in [0.2, 0.25) is 0 Å². The van der Waals surface area contributed by atoms with Gasteiger partial charge in [-0.05, 0) is 51.3 Å². The van der Waals surface area contributed by atoms with Gasteiger partial charge in [-0.2, -0.15) is 0 Å². The highest BCUT2D eigenvalue weighted by atomic mass is 16.6. The predicted molar refractivity (Wildman–Crippen MR) is 96.6 cm³/mol. The van der Waals surface area contributed by atoms with Crippen molar-refractivity contribution >= 4 is 11.8 Å². The topological polar surface area (TPSA) is 44.8 Å². The van der Waals surface area contributed by atoms with Gasteiger partial charge in [-0.3, -0.25) is 4.90 Å². The van der Waals surface area contributed by atoms with Gasteiger partial charge in [0.05, 0.1) is 6.04 Å². The van der Waals surface area contributed by atoms with Gasteiger partial charge in [0.25, 0.3) is 0 Å². The van der Waals surface area contributed by atoms with Crippen molar-refractivity contribution < 1.29 is 9.53 Å². The highest BCUT2D eigenvalue weighted by Crippen LogP contribution is 2.32. The molecule has 1 N–H and O–H groups in total. The molecule has 1 unspecified atom stereocenters. The van der Waals surface area contributed by atoms with Crippen LogP contribution in [0.15, 0.2) is 18.2 Å². The molecular formula is C19H29N3O2. The molecule has 0 saturated carbocycles. The number of benzene rings is 1. The number of likely N-dealkylation sites (N-methyl/N-ethyl adjacent to an activating group) is 1. The summed E-state index contributed by atoms with van der Waals surface area (Å²) >= 11 is 0. The van der Waals surface area contributed by atoms with E-state index in [0.717, 1.165) is 32.6 Å². The van der Waals surface area contributed by atoms with Gasteiger partial charge in [0, 0.05) is 38.4 Å². The van der Waals surface area contributed by atoms with E-state index in [4.69, 9.17) is 4.74 Å². The Morgan fingerprint density at radius 3 is 2.83 bits per heavy atom. The Balaban J connectivity index is 1.82. The Morgan fingerprint density at radius 2 is 2.12 bits per heavy atom. The predicted octanol–water partition coefficient (Wildman–Crippen LogP) is 2.95. The van der Waals surface area contributed by atoms with Gasteiger partial charge in [0.1, 0.15) is 5.60 Å². The van der Waals surface area contributed by atoms with Crippen LogP contribution >= 0.6 is 0 Å². The molecule has 1 fully saturated rings. The molecule has 0 bridgehead atoms. The highest BCUT2D eigenvalue weighted by Gasteiger charge is 2.32. The second kappa shape index (κ2) is 6.63. The highest BCUT2D eigenvalue weighted by molar-refractivity contribution is 5.69. The molecule has 5 heteroatoms.